The van der Waals surface area contributed by atoms with Crippen LogP contribution in [0.4, 0.5) is 0 Å². The summed E-state index contributed by atoms with van der Waals surface area (Å²) in [6, 6.07) is 16.9. The molecule has 0 radical (unpaired) electrons. The molecule has 0 aliphatic heterocycles. The number of benzene rings is 1. The van der Waals surface area contributed by atoms with E-state index in [1.165, 1.54) is 17.8 Å². The number of pyridine rings is 2. The van der Waals surface area contributed by atoms with Gasteiger partial charge < -0.3 is 10.6 Å². The Hall–Kier alpha value is -3.54. The number of carbonyl (C=O) groups excluding carboxylic acids is 2. The van der Waals surface area contributed by atoms with Gasteiger partial charge in [0.15, 0.2) is 0 Å². The molecule has 0 saturated heterocycles. The highest BCUT2D eigenvalue weighted by atomic mass is 16.2. The summed E-state index contributed by atoms with van der Waals surface area (Å²) in [6.07, 6.45) is 6.55. The Kier molecular flexibility index (Phi) is 6.84. The fourth-order valence-corrected chi connectivity index (χ4v) is 2.71. The number of aromatic nitrogens is 2. The largest absolute Gasteiger partial charge is 0.351 e. The lowest BCUT2D eigenvalue weighted by atomic mass is 10.1. The van der Waals surface area contributed by atoms with Crippen molar-refractivity contribution in [1.29, 1.82) is 0 Å². The van der Waals surface area contributed by atoms with Crippen LogP contribution in [0.25, 0.3) is 0 Å². The predicted molar refractivity (Wildman–Crippen MR) is 107 cm³/mol. The average molecular weight is 374 g/mol. The fourth-order valence-electron chi connectivity index (χ4n) is 2.71. The van der Waals surface area contributed by atoms with Crippen LogP contribution in [0.15, 0.2) is 73.2 Å². The second-order valence-electron chi connectivity index (χ2n) is 6.31. The van der Waals surface area contributed by atoms with Crippen molar-refractivity contribution >= 4 is 11.8 Å². The third kappa shape index (κ3) is 5.74. The Morgan fingerprint density at radius 3 is 2.39 bits per heavy atom. The topological polar surface area (TPSA) is 84.0 Å². The van der Waals surface area contributed by atoms with E-state index in [-0.39, 0.29) is 17.5 Å². The molecule has 0 atom stereocenters. The SMILES string of the molecule is O=C(NCc1ccncc1)c1ccnc(C(=O)NCCCc2ccccc2)c1. The molecule has 0 spiro atoms. The van der Waals surface area contributed by atoms with Gasteiger partial charge in [-0.2, -0.15) is 0 Å². The van der Waals surface area contributed by atoms with E-state index < -0.39 is 0 Å². The van der Waals surface area contributed by atoms with Crippen molar-refractivity contribution in [3.05, 3.63) is 95.6 Å². The summed E-state index contributed by atoms with van der Waals surface area (Å²) in [7, 11) is 0. The maximum absolute atomic E-state index is 12.3. The number of amides is 2. The van der Waals surface area contributed by atoms with Crippen LogP contribution in [0.2, 0.25) is 0 Å². The zero-order valence-electron chi connectivity index (χ0n) is 15.5. The van der Waals surface area contributed by atoms with Crippen molar-refractivity contribution in [3.63, 3.8) is 0 Å². The normalized spacial score (nSPS) is 10.3. The van der Waals surface area contributed by atoms with Crippen molar-refractivity contribution in [2.75, 3.05) is 6.54 Å². The molecule has 28 heavy (non-hydrogen) atoms. The molecule has 2 amide bonds. The van der Waals surface area contributed by atoms with Gasteiger partial charge in [0.1, 0.15) is 5.69 Å². The van der Waals surface area contributed by atoms with Crippen molar-refractivity contribution in [3.8, 4) is 0 Å². The number of nitrogens with one attached hydrogen (secondary N) is 2. The van der Waals surface area contributed by atoms with Gasteiger partial charge in [0, 0.05) is 37.2 Å². The minimum atomic E-state index is -0.281. The smallest absolute Gasteiger partial charge is 0.269 e. The van der Waals surface area contributed by atoms with E-state index in [4.69, 9.17) is 0 Å². The molecule has 142 valence electrons. The van der Waals surface area contributed by atoms with Crippen LogP contribution < -0.4 is 10.6 Å². The highest BCUT2D eigenvalue weighted by molar-refractivity contribution is 5.98. The lowest BCUT2D eigenvalue weighted by Crippen LogP contribution is -2.27. The zero-order valence-corrected chi connectivity index (χ0v) is 15.5. The molecule has 2 heterocycles. The summed E-state index contributed by atoms with van der Waals surface area (Å²) in [5.74, 6) is -0.533. The maximum Gasteiger partial charge on any atom is 0.269 e. The van der Waals surface area contributed by atoms with Gasteiger partial charge in [0.2, 0.25) is 0 Å². The summed E-state index contributed by atoms with van der Waals surface area (Å²) < 4.78 is 0. The van der Waals surface area contributed by atoms with E-state index >= 15 is 0 Å². The van der Waals surface area contributed by atoms with E-state index in [0.717, 1.165) is 18.4 Å². The third-order valence-electron chi connectivity index (χ3n) is 4.23. The van der Waals surface area contributed by atoms with Crippen molar-refractivity contribution in [1.82, 2.24) is 20.6 Å². The summed E-state index contributed by atoms with van der Waals surface area (Å²) in [4.78, 5) is 32.6. The molecule has 3 rings (SSSR count). The molecule has 6 heteroatoms. The Balaban J connectivity index is 1.49. The molecule has 1 aromatic carbocycles. The molecule has 0 aliphatic rings. The van der Waals surface area contributed by atoms with E-state index in [0.29, 0.717) is 18.7 Å². The van der Waals surface area contributed by atoms with Crippen LogP contribution in [-0.4, -0.2) is 28.3 Å². The number of aryl methyl sites for hydroxylation is 1. The highest BCUT2D eigenvalue weighted by Crippen LogP contribution is 2.05. The Bertz CT molecular complexity index is 914. The van der Waals surface area contributed by atoms with Crippen LogP contribution in [0, 0.1) is 0 Å². The third-order valence-corrected chi connectivity index (χ3v) is 4.23. The Morgan fingerprint density at radius 2 is 1.61 bits per heavy atom. The Labute approximate surface area is 164 Å². The standard InChI is InChI=1S/C22H22N4O2/c27-21(26-16-18-8-12-23-13-9-18)19-10-14-24-20(15-19)22(28)25-11-4-7-17-5-2-1-3-6-17/h1-3,5-6,8-10,12-15H,4,7,11,16H2,(H,25,28)(H,26,27). The van der Waals surface area contributed by atoms with Crippen LogP contribution in [0.5, 0.6) is 0 Å². The lowest BCUT2D eigenvalue weighted by molar-refractivity contribution is 0.0948. The highest BCUT2D eigenvalue weighted by Gasteiger charge is 2.11. The maximum atomic E-state index is 12.3. The van der Waals surface area contributed by atoms with Gasteiger partial charge in [-0.25, -0.2) is 0 Å². The fraction of sp³-hybridized carbons (Fsp3) is 0.182. The van der Waals surface area contributed by atoms with E-state index in [1.54, 1.807) is 18.5 Å². The quantitative estimate of drug-likeness (QED) is 0.594. The average Bonchev–Trinajstić information content (AvgIpc) is 2.76. The first-order valence-electron chi connectivity index (χ1n) is 9.17. The monoisotopic (exact) mass is 374 g/mol. The number of hydrogen-bond acceptors (Lipinski definition) is 4. The van der Waals surface area contributed by atoms with Crippen LogP contribution in [-0.2, 0) is 13.0 Å². The van der Waals surface area contributed by atoms with Gasteiger partial charge in [0.05, 0.1) is 0 Å². The first-order valence-corrected chi connectivity index (χ1v) is 9.17. The van der Waals surface area contributed by atoms with Gasteiger partial charge in [-0.05, 0) is 48.2 Å². The van der Waals surface area contributed by atoms with Gasteiger partial charge in [-0.15, -0.1) is 0 Å². The molecule has 2 aromatic heterocycles. The molecular weight excluding hydrogens is 352 g/mol. The van der Waals surface area contributed by atoms with Crippen molar-refractivity contribution in [2.24, 2.45) is 0 Å². The van der Waals surface area contributed by atoms with Gasteiger partial charge in [-0.3, -0.25) is 19.6 Å². The predicted octanol–water partition coefficient (Wildman–Crippen LogP) is 2.77. The summed E-state index contributed by atoms with van der Waals surface area (Å²) >= 11 is 0. The molecule has 0 aliphatic carbocycles. The van der Waals surface area contributed by atoms with Crippen molar-refractivity contribution < 1.29 is 9.59 Å². The molecule has 0 fully saturated rings. The summed E-state index contributed by atoms with van der Waals surface area (Å²) in [6.45, 7) is 0.943. The van der Waals surface area contributed by atoms with E-state index in [2.05, 4.69) is 32.7 Å². The summed E-state index contributed by atoms with van der Waals surface area (Å²) in [5.41, 5.74) is 2.83. The second-order valence-corrected chi connectivity index (χ2v) is 6.31. The van der Waals surface area contributed by atoms with Crippen LogP contribution in [0.3, 0.4) is 0 Å². The van der Waals surface area contributed by atoms with Crippen LogP contribution >= 0.6 is 0 Å². The molecule has 0 saturated carbocycles. The molecule has 3 aromatic rings. The molecule has 6 nitrogen and oxygen atoms in total. The van der Waals surface area contributed by atoms with E-state index in [1.807, 2.05) is 30.3 Å². The lowest BCUT2D eigenvalue weighted by Gasteiger charge is -2.08. The van der Waals surface area contributed by atoms with Crippen LogP contribution in [0.1, 0.15) is 38.4 Å². The first kappa shape index (κ1) is 19.2. The molecular formula is C22H22N4O2. The molecule has 0 unspecified atom stereocenters. The molecule has 0 bridgehead atoms. The first-order chi connectivity index (χ1) is 13.7. The second kappa shape index (κ2) is 9.97. The number of rotatable bonds is 8. The Morgan fingerprint density at radius 1 is 0.821 bits per heavy atom. The number of hydrogen-bond donors (Lipinski definition) is 2. The minimum absolute atomic E-state index is 0.233. The number of carbonyl (C=O) groups is 2. The van der Waals surface area contributed by atoms with Gasteiger partial charge in [0.25, 0.3) is 11.8 Å². The summed E-state index contributed by atoms with van der Waals surface area (Å²) in [5, 5.41) is 5.68. The van der Waals surface area contributed by atoms with Crippen molar-refractivity contribution in [2.45, 2.75) is 19.4 Å². The van der Waals surface area contributed by atoms with E-state index in [9.17, 15) is 9.59 Å². The van der Waals surface area contributed by atoms with Gasteiger partial charge >= 0.3 is 0 Å². The number of nitrogens with zero attached hydrogens (tertiary/aromatic N) is 2. The van der Waals surface area contributed by atoms with Gasteiger partial charge in [-0.1, -0.05) is 30.3 Å². The molecule has 2 N–H and O–H groups in total. The minimum Gasteiger partial charge on any atom is -0.351 e. The zero-order chi connectivity index (χ0) is 19.6.